The highest BCUT2D eigenvalue weighted by Crippen LogP contribution is 2.35. The number of hydrogen-bond acceptors (Lipinski definition) is 4. The van der Waals surface area contributed by atoms with Crippen molar-refractivity contribution in [2.75, 3.05) is 11.8 Å². The summed E-state index contributed by atoms with van der Waals surface area (Å²) in [4.78, 5) is 13.1. The van der Waals surface area contributed by atoms with Gasteiger partial charge in [0.05, 0.1) is 17.0 Å². The molecule has 0 spiro atoms. The lowest BCUT2D eigenvalue weighted by atomic mass is 9.85. The Bertz CT molecular complexity index is 924. The van der Waals surface area contributed by atoms with Gasteiger partial charge in [-0.25, -0.2) is 0 Å². The average molecular weight is 348 g/mol. The molecule has 0 aromatic heterocycles. The lowest BCUT2D eigenvalue weighted by molar-refractivity contribution is -0.114. The molecule has 0 fully saturated rings. The standard InChI is InChI=1S/C21H20N2O3/c1-21(2,3)19-16(11-14-9-10-17-18(12-14)26-13-25-17)20(24)23(22-19)15-7-5-4-6-8-15/h4-12H,13H2,1-3H3/b16-11-. The van der Waals surface area contributed by atoms with E-state index in [0.717, 1.165) is 22.7 Å². The molecular formula is C21H20N2O3. The maximum Gasteiger partial charge on any atom is 0.280 e. The zero-order valence-electron chi connectivity index (χ0n) is 15.0. The maximum atomic E-state index is 13.1. The summed E-state index contributed by atoms with van der Waals surface area (Å²) in [5, 5.41) is 6.11. The third-order valence-electron chi connectivity index (χ3n) is 4.30. The van der Waals surface area contributed by atoms with Gasteiger partial charge < -0.3 is 9.47 Å². The Balaban J connectivity index is 1.77. The average Bonchev–Trinajstić information content (AvgIpc) is 3.20. The number of carbonyl (C=O) groups is 1. The molecule has 0 unspecified atom stereocenters. The largest absolute Gasteiger partial charge is 0.454 e. The van der Waals surface area contributed by atoms with Crippen molar-refractivity contribution in [1.29, 1.82) is 0 Å². The highest BCUT2D eigenvalue weighted by atomic mass is 16.7. The molecular weight excluding hydrogens is 328 g/mol. The molecule has 0 saturated carbocycles. The van der Waals surface area contributed by atoms with Gasteiger partial charge in [-0.1, -0.05) is 45.0 Å². The van der Waals surface area contributed by atoms with E-state index in [4.69, 9.17) is 9.47 Å². The van der Waals surface area contributed by atoms with Gasteiger partial charge in [0.25, 0.3) is 5.91 Å². The van der Waals surface area contributed by atoms with Gasteiger partial charge in [-0.15, -0.1) is 0 Å². The monoisotopic (exact) mass is 348 g/mol. The molecule has 0 atom stereocenters. The Hall–Kier alpha value is -3.08. The summed E-state index contributed by atoms with van der Waals surface area (Å²) >= 11 is 0. The summed E-state index contributed by atoms with van der Waals surface area (Å²) in [5.74, 6) is 1.29. The highest BCUT2D eigenvalue weighted by molar-refractivity contribution is 6.34. The number of nitrogens with zero attached hydrogens (tertiary/aromatic N) is 2. The van der Waals surface area contributed by atoms with Gasteiger partial charge in [0, 0.05) is 5.41 Å². The van der Waals surface area contributed by atoms with Crippen LogP contribution in [0.15, 0.2) is 59.2 Å². The van der Waals surface area contributed by atoms with Crippen molar-refractivity contribution in [1.82, 2.24) is 0 Å². The van der Waals surface area contributed by atoms with E-state index in [2.05, 4.69) is 25.9 Å². The molecule has 5 heteroatoms. The quantitative estimate of drug-likeness (QED) is 0.763. The van der Waals surface area contributed by atoms with E-state index in [0.29, 0.717) is 11.3 Å². The van der Waals surface area contributed by atoms with E-state index in [1.807, 2.05) is 54.6 Å². The number of amides is 1. The predicted molar refractivity (Wildman–Crippen MR) is 101 cm³/mol. The first-order valence-corrected chi connectivity index (χ1v) is 8.54. The molecule has 0 N–H and O–H groups in total. The van der Waals surface area contributed by atoms with Crippen LogP contribution in [0.4, 0.5) is 5.69 Å². The van der Waals surface area contributed by atoms with Crippen LogP contribution in [-0.2, 0) is 4.79 Å². The molecule has 2 aliphatic rings. The summed E-state index contributed by atoms with van der Waals surface area (Å²) in [7, 11) is 0. The Morgan fingerprint density at radius 1 is 1.04 bits per heavy atom. The molecule has 2 aliphatic heterocycles. The van der Waals surface area contributed by atoms with Crippen LogP contribution in [0.3, 0.4) is 0 Å². The molecule has 1 amide bonds. The molecule has 26 heavy (non-hydrogen) atoms. The first kappa shape index (κ1) is 16.4. The van der Waals surface area contributed by atoms with Crippen LogP contribution in [0.5, 0.6) is 11.5 Å². The number of anilines is 1. The van der Waals surface area contributed by atoms with Crippen LogP contribution < -0.4 is 14.5 Å². The fourth-order valence-electron chi connectivity index (χ4n) is 3.01. The topological polar surface area (TPSA) is 51.1 Å². The molecule has 132 valence electrons. The van der Waals surface area contributed by atoms with Crippen molar-refractivity contribution in [2.45, 2.75) is 20.8 Å². The van der Waals surface area contributed by atoms with Gasteiger partial charge in [0.2, 0.25) is 6.79 Å². The molecule has 2 aromatic rings. The number of carbonyl (C=O) groups excluding carboxylic acids is 1. The Labute approximate surface area is 152 Å². The fourth-order valence-corrected chi connectivity index (χ4v) is 3.01. The van der Waals surface area contributed by atoms with Crippen LogP contribution in [0.2, 0.25) is 0 Å². The summed E-state index contributed by atoms with van der Waals surface area (Å²) in [6, 6.07) is 15.1. The number of ether oxygens (including phenoxy) is 2. The van der Waals surface area contributed by atoms with Crippen molar-refractivity contribution < 1.29 is 14.3 Å². The van der Waals surface area contributed by atoms with Crippen molar-refractivity contribution in [3.8, 4) is 11.5 Å². The van der Waals surface area contributed by atoms with Crippen molar-refractivity contribution in [3.63, 3.8) is 0 Å². The first-order chi connectivity index (χ1) is 12.4. The lowest BCUT2D eigenvalue weighted by Crippen LogP contribution is -2.24. The second-order valence-corrected chi connectivity index (χ2v) is 7.32. The maximum absolute atomic E-state index is 13.1. The molecule has 0 aliphatic carbocycles. The molecule has 2 heterocycles. The van der Waals surface area contributed by atoms with Gasteiger partial charge >= 0.3 is 0 Å². The van der Waals surface area contributed by atoms with E-state index >= 15 is 0 Å². The number of rotatable bonds is 2. The summed E-state index contributed by atoms with van der Waals surface area (Å²) in [6.07, 6.45) is 1.87. The third kappa shape index (κ3) is 2.86. The van der Waals surface area contributed by atoms with Gasteiger partial charge in [0.1, 0.15) is 0 Å². The van der Waals surface area contributed by atoms with Crippen molar-refractivity contribution in [3.05, 3.63) is 59.7 Å². The van der Waals surface area contributed by atoms with Crippen LogP contribution in [0, 0.1) is 5.41 Å². The molecule has 0 radical (unpaired) electrons. The van der Waals surface area contributed by atoms with E-state index in [9.17, 15) is 4.79 Å². The second kappa shape index (κ2) is 6.02. The zero-order chi connectivity index (χ0) is 18.3. The fraction of sp³-hybridized carbons (Fsp3) is 0.238. The highest BCUT2D eigenvalue weighted by Gasteiger charge is 2.37. The molecule has 2 aromatic carbocycles. The van der Waals surface area contributed by atoms with Crippen molar-refractivity contribution in [2.24, 2.45) is 10.5 Å². The summed E-state index contributed by atoms with van der Waals surface area (Å²) in [5.41, 5.74) is 2.74. The van der Waals surface area contributed by atoms with E-state index in [1.54, 1.807) is 0 Å². The minimum Gasteiger partial charge on any atom is -0.454 e. The Kier molecular flexibility index (Phi) is 3.80. The normalized spacial score (nSPS) is 17.8. The summed E-state index contributed by atoms with van der Waals surface area (Å²) in [6.45, 7) is 6.40. The number of para-hydroxylation sites is 1. The Morgan fingerprint density at radius 2 is 1.77 bits per heavy atom. The molecule has 0 bridgehead atoms. The van der Waals surface area contributed by atoms with E-state index < -0.39 is 0 Å². The number of benzene rings is 2. The van der Waals surface area contributed by atoms with Gasteiger partial charge in [-0.3, -0.25) is 4.79 Å². The third-order valence-corrected chi connectivity index (χ3v) is 4.30. The van der Waals surface area contributed by atoms with Crippen LogP contribution in [0.25, 0.3) is 6.08 Å². The van der Waals surface area contributed by atoms with Crippen LogP contribution in [0.1, 0.15) is 26.3 Å². The molecule has 5 nitrogen and oxygen atoms in total. The predicted octanol–water partition coefficient (Wildman–Crippen LogP) is 4.25. The SMILES string of the molecule is CC(C)(C)C1=NN(c2ccccc2)C(=O)/C1=C\c1ccc2c(c1)OCO2. The van der Waals surface area contributed by atoms with Gasteiger partial charge in [-0.2, -0.15) is 10.1 Å². The van der Waals surface area contributed by atoms with E-state index in [1.165, 1.54) is 5.01 Å². The number of hydrogen-bond donors (Lipinski definition) is 0. The zero-order valence-corrected chi connectivity index (χ0v) is 15.0. The first-order valence-electron chi connectivity index (χ1n) is 8.54. The molecule has 0 saturated heterocycles. The van der Waals surface area contributed by atoms with Gasteiger partial charge in [-0.05, 0) is 35.9 Å². The van der Waals surface area contributed by atoms with E-state index in [-0.39, 0.29) is 18.1 Å². The van der Waals surface area contributed by atoms with Crippen LogP contribution in [-0.4, -0.2) is 18.4 Å². The lowest BCUT2D eigenvalue weighted by Gasteiger charge is -2.18. The smallest absolute Gasteiger partial charge is 0.280 e. The number of hydrazone groups is 1. The minimum atomic E-state index is -0.263. The van der Waals surface area contributed by atoms with Gasteiger partial charge in [0.15, 0.2) is 11.5 Å². The second-order valence-electron chi connectivity index (χ2n) is 7.32. The number of fused-ring (bicyclic) bond motifs is 1. The summed E-state index contributed by atoms with van der Waals surface area (Å²) < 4.78 is 10.8. The Morgan fingerprint density at radius 3 is 2.50 bits per heavy atom. The van der Waals surface area contributed by atoms with Crippen LogP contribution >= 0.6 is 0 Å². The minimum absolute atomic E-state index is 0.126. The van der Waals surface area contributed by atoms with Crippen molar-refractivity contribution >= 4 is 23.4 Å². The molecule has 4 rings (SSSR count).